The lowest BCUT2D eigenvalue weighted by Crippen LogP contribution is -2.30. The highest BCUT2D eigenvalue weighted by Gasteiger charge is 2.19. The van der Waals surface area contributed by atoms with Crippen molar-refractivity contribution in [3.63, 3.8) is 0 Å². The summed E-state index contributed by atoms with van der Waals surface area (Å²) >= 11 is 0. The second-order valence-corrected chi connectivity index (χ2v) is 17.7. The molecular formula is C61H100O6. The molecule has 0 rings (SSSR count). The summed E-state index contributed by atoms with van der Waals surface area (Å²) in [6.07, 6.45) is 74.0. The second kappa shape index (κ2) is 54.7. The highest BCUT2D eigenvalue weighted by Crippen LogP contribution is 2.14. The minimum atomic E-state index is -0.785. The Morgan fingerprint density at radius 3 is 0.910 bits per heavy atom. The Balaban J connectivity index is 4.18. The molecule has 0 radical (unpaired) electrons. The smallest absolute Gasteiger partial charge is 0.306 e. The first kappa shape index (κ1) is 63.1. The quantitative estimate of drug-likeness (QED) is 0.0262. The van der Waals surface area contributed by atoms with Gasteiger partial charge < -0.3 is 14.2 Å². The molecule has 0 spiro atoms. The van der Waals surface area contributed by atoms with Gasteiger partial charge in [-0.25, -0.2) is 0 Å². The van der Waals surface area contributed by atoms with Gasteiger partial charge in [-0.2, -0.15) is 0 Å². The summed E-state index contributed by atoms with van der Waals surface area (Å²) in [7, 11) is 0. The lowest BCUT2D eigenvalue weighted by Gasteiger charge is -2.18. The van der Waals surface area contributed by atoms with Gasteiger partial charge in [-0.1, -0.05) is 226 Å². The topological polar surface area (TPSA) is 78.9 Å². The highest BCUT2D eigenvalue weighted by atomic mass is 16.6. The summed E-state index contributed by atoms with van der Waals surface area (Å²) in [5.74, 6) is -0.923. The Morgan fingerprint density at radius 2 is 0.582 bits per heavy atom. The van der Waals surface area contributed by atoms with Crippen LogP contribution in [-0.4, -0.2) is 37.2 Å². The van der Waals surface area contributed by atoms with E-state index in [1.165, 1.54) is 64.2 Å². The fourth-order valence-corrected chi connectivity index (χ4v) is 7.22. The van der Waals surface area contributed by atoms with E-state index in [0.717, 1.165) is 135 Å². The molecule has 1 atom stereocenters. The molecule has 67 heavy (non-hydrogen) atoms. The number of rotatable bonds is 48. The molecule has 0 aromatic carbocycles. The van der Waals surface area contributed by atoms with Crippen LogP contribution in [0.25, 0.3) is 0 Å². The first-order valence-corrected chi connectivity index (χ1v) is 27.4. The largest absolute Gasteiger partial charge is 0.462 e. The monoisotopic (exact) mass is 929 g/mol. The number of allylic oxidation sites excluding steroid dienone is 18. The normalized spacial score (nSPS) is 12.9. The van der Waals surface area contributed by atoms with Gasteiger partial charge in [0.15, 0.2) is 6.10 Å². The van der Waals surface area contributed by atoms with E-state index < -0.39 is 6.10 Å². The Hall–Kier alpha value is -3.93. The number of ether oxygens (including phenoxy) is 3. The van der Waals surface area contributed by atoms with Crippen molar-refractivity contribution in [3.8, 4) is 0 Å². The molecule has 380 valence electrons. The SMILES string of the molecule is CC/C=C\C/C=C\C/C=C\C/C=C\C/C=C\CCCCCCCCCC(=O)OCC(COC(=O)CCCCCCC)OC(=O)CCCCCCCCCC/C=C\C/C=C\C/C=C\C/C=C\CC. The van der Waals surface area contributed by atoms with Crippen LogP contribution in [0, 0.1) is 0 Å². The van der Waals surface area contributed by atoms with Crippen molar-refractivity contribution in [2.75, 3.05) is 13.2 Å². The molecule has 0 N–H and O–H groups in total. The van der Waals surface area contributed by atoms with Gasteiger partial charge in [0.1, 0.15) is 13.2 Å². The van der Waals surface area contributed by atoms with Gasteiger partial charge in [-0.05, 0) is 103 Å². The van der Waals surface area contributed by atoms with E-state index >= 15 is 0 Å². The summed E-state index contributed by atoms with van der Waals surface area (Å²) in [5.41, 5.74) is 0. The zero-order chi connectivity index (χ0) is 48.6. The third-order valence-electron chi connectivity index (χ3n) is 11.3. The molecule has 6 nitrogen and oxygen atoms in total. The standard InChI is InChI=1S/C61H100O6/c1-4-7-10-13-15-17-19-21-23-25-27-29-30-32-33-35-37-39-41-43-45-48-51-54-60(63)66-57-58(56-65-59(62)53-50-47-12-9-6-3)67-61(64)55-52-49-46-44-42-40-38-36-34-31-28-26-24-22-20-18-16-14-11-8-5-2/h7-8,10-11,15-18,21-24,27-29,31-33,58H,4-6,9,12-14,19-20,25-26,30,34-57H2,1-3H3/b10-7-,11-8-,17-15-,18-16-,23-21-,24-22-,29-27-,31-28-,33-32-. The predicted octanol–water partition coefficient (Wildman–Crippen LogP) is 18.3. The first-order valence-electron chi connectivity index (χ1n) is 27.4. The van der Waals surface area contributed by atoms with Crippen LogP contribution in [0.1, 0.15) is 239 Å². The highest BCUT2D eigenvalue weighted by molar-refractivity contribution is 5.71. The van der Waals surface area contributed by atoms with Crippen LogP contribution >= 0.6 is 0 Å². The molecule has 0 saturated heterocycles. The van der Waals surface area contributed by atoms with E-state index in [1.807, 2.05) is 0 Å². The van der Waals surface area contributed by atoms with Crippen molar-refractivity contribution >= 4 is 17.9 Å². The molecule has 0 aliphatic rings. The van der Waals surface area contributed by atoms with Crippen LogP contribution in [0.3, 0.4) is 0 Å². The zero-order valence-electron chi connectivity index (χ0n) is 43.4. The van der Waals surface area contributed by atoms with E-state index in [-0.39, 0.29) is 31.1 Å². The number of hydrogen-bond acceptors (Lipinski definition) is 6. The van der Waals surface area contributed by atoms with Crippen molar-refractivity contribution in [2.24, 2.45) is 0 Å². The van der Waals surface area contributed by atoms with Crippen LogP contribution in [0.15, 0.2) is 109 Å². The van der Waals surface area contributed by atoms with E-state index in [1.54, 1.807) is 0 Å². The van der Waals surface area contributed by atoms with Crippen LogP contribution < -0.4 is 0 Å². The molecule has 0 bridgehead atoms. The van der Waals surface area contributed by atoms with Gasteiger partial charge in [-0.3, -0.25) is 14.4 Å². The summed E-state index contributed by atoms with van der Waals surface area (Å²) in [6.45, 7) is 6.31. The summed E-state index contributed by atoms with van der Waals surface area (Å²) in [6, 6.07) is 0. The van der Waals surface area contributed by atoms with Gasteiger partial charge in [-0.15, -0.1) is 0 Å². The average molecular weight is 929 g/mol. The van der Waals surface area contributed by atoms with Crippen LogP contribution in [0.2, 0.25) is 0 Å². The van der Waals surface area contributed by atoms with E-state index in [0.29, 0.717) is 19.3 Å². The van der Waals surface area contributed by atoms with E-state index in [4.69, 9.17) is 14.2 Å². The maximum absolute atomic E-state index is 12.8. The molecule has 0 heterocycles. The van der Waals surface area contributed by atoms with Crippen molar-refractivity contribution in [1.29, 1.82) is 0 Å². The molecule has 0 amide bonds. The minimum Gasteiger partial charge on any atom is -0.462 e. The number of carbonyl (C=O) groups excluding carboxylic acids is 3. The second-order valence-electron chi connectivity index (χ2n) is 17.7. The fraction of sp³-hybridized carbons (Fsp3) is 0.656. The van der Waals surface area contributed by atoms with Gasteiger partial charge in [0.2, 0.25) is 0 Å². The Labute approximate surface area is 412 Å². The fourth-order valence-electron chi connectivity index (χ4n) is 7.22. The van der Waals surface area contributed by atoms with Crippen LogP contribution in [-0.2, 0) is 28.6 Å². The van der Waals surface area contributed by atoms with Gasteiger partial charge >= 0.3 is 17.9 Å². The zero-order valence-corrected chi connectivity index (χ0v) is 43.4. The molecule has 0 saturated carbocycles. The summed E-state index contributed by atoms with van der Waals surface area (Å²) in [5, 5.41) is 0. The Bertz CT molecular complexity index is 1390. The van der Waals surface area contributed by atoms with E-state index in [2.05, 4.69) is 130 Å². The van der Waals surface area contributed by atoms with Gasteiger partial charge in [0, 0.05) is 19.3 Å². The molecular weight excluding hydrogens is 829 g/mol. The number of unbranched alkanes of at least 4 members (excludes halogenated alkanes) is 19. The summed E-state index contributed by atoms with van der Waals surface area (Å²) in [4.78, 5) is 37.8. The molecule has 0 aromatic heterocycles. The molecule has 1 unspecified atom stereocenters. The Morgan fingerprint density at radius 1 is 0.313 bits per heavy atom. The molecule has 0 aliphatic carbocycles. The van der Waals surface area contributed by atoms with Gasteiger partial charge in [0.25, 0.3) is 0 Å². The number of hydrogen-bond donors (Lipinski definition) is 0. The third kappa shape index (κ3) is 52.9. The van der Waals surface area contributed by atoms with Crippen molar-refractivity contribution in [1.82, 2.24) is 0 Å². The molecule has 6 heteroatoms. The first-order chi connectivity index (χ1) is 33.0. The van der Waals surface area contributed by atoms with Crippen molar-refractivity contribution in [3.05, 3.63) is 109 Å². The lowest BCUT2D eigenvalue weighted by molar-refractivity contribution is -0.167. The van der Waals surface area contributed by atoms with E-state index in [9.17, 15) is 14.4 Å². The minimum absolute atomic E-state index is 0.0871. The Kier molecular flexibility index (Phi) is 51.5. The lowest BCUT2D eigenvalue weighted by atomic mass is 10.1. The summed E-state index contributed by atoms with van der Waals surface area (Å²) < 4.78 is 16.7. The molecule has 0 aliphatic heterocycles. The molecule has 0 aromatic rings. The molecule has 0 fully saturated rings. The predicted molar refractivity (Wildman–Crippen MR) is 288 cm³/mol. The van der Waals surface area contributed by atoms with Crippen molar-refractivity contribution < 1.29 is 28.6 Å². The van der Waals surface area contributed by atoms with Crippen LogP contribution in [0.4, 0.5) is 0 Å². The number of carbonyl (C=O) groups is 3. The third-order valence-corrected chi connectivity index (χ3v) is 11.3. The average Bonchev–Trinajstić information content (AvgIpc) is 3.33. The maximum atomic E-state index is 12.8. The van der Waals surface area contributed by atoms with Crippen molar-refractivity contribution in [2.45, 2.75) is 245 Å². The number of esters is 3. The van der Waals surface area contributed by atoms with Gasteiger partial charge in [0.05, 0.1) is 0 Å². The maximum Gasteiger partial charge on any atom is 0.306 e. The van der Waals surface area contributed by atoms with Crippen LogP contribution in [0.5, 0.6) is 0 Å².